The first-order chi connectivity index (χ1) is 13.2. The van der Waals surface area contributed by atoms with E-state index >= 15 is 0 Å². The summed E-state index contributed by atoms with van der Waals surface area (Å²) in [6.45, 7) is 6.76. The fourth-order valence-corrected chi connectivity index (χ4v) is 4.56. The molecule has 152 valence electrons. The lowest BCUT2D eigenvalue weighted by molar-refractivity contribution is -0.119. The summed E-state index contributed by atoms with van der Waals surface area (Å²) < 4.78 is 33.5. The van der Waals surface area contributed by atoms with Crippen molar-refractivity contribution in [1.29, 1.82) is 0 Å². The van der Waals surface area contributed by atoms with Gasteiger partial charge in [-0.2, -0.15) is 9.40 Å². The quantitative estimate of drug-likeness (QED) is 0.792. The topological polar surface area (TPSA) is 93.5 Å². The fourth-order valence-electron chi connectivity index (χ4n) is 3.02. The number of anilines is 1. The predicted molar refractivity (Wildman–Crippen MR) is 106 cm³/mol. The minimum absolute atomic E-state index is 0.186. The molecule has 0 aliphatic carbocycles. The lowest BCUT2D eigenvalue weighted by Gasteiger charge is -2.26. The maximum absolute atomic E-state index is 12.6. The van der Waals surface area contributed by atoms with E-state index in [2.05, 4.69) is 10.4 Å². The lowest BCUT2D eigenvalue weighted by Crippen LogP contribution is -2.40. The van der Waals surface area contributed by atoms with Crippen molar-refractivity contribution in [2.75, 3.05) is 31.6 Å². The third-order valence-electron chi connectivity index (χ3n) is 4.71. The largest absolute Gasteiger partial charge is 0.379 e. The Hall–Kier alpha value is -1.94. The molecule has 1 aromatic carbocycles. The Labute approximate surface area is 169 Å². The maximum atomic E-state index is 12.6. The summed E-state index contributed by atoms with van der Waals surface area (Å²) in [4.78, 5) is 12.7. The molecule has 0 radical (unpaired) electrons. The van der Waals surface area contributed by atoms with Crippen LogP contribution in [0.25, 0.3) is 0 Å². The van der Waals surface area contributed by atoms with Crippen molar-refractivity contribution in [2.24, 2.45) is 0 Å². The molecule has 0 spiro atoms. The Morgan fingerprint density at radius 1 is 1.21 bits per heavy atom. The van der Waals surface area contributed by atoms with Crippen LogP contribution >= 0.6 is 11.6 Å². The number of hydrogen-bond acceptors (Lipinski definition) is 5. The number of sulfonamides is 1. The number of aryl methyl sites for hydroxylation is 1. The first kappa shape index (κ1) is 20.8. The van der Waals surface area contributed by atoms with Gasteiger partial charge in [0.2, 0.25) is 15.9 Å². The zero-order valence-corrected chi connectivity index (χ0v) is 17.5. The number of benzene rings is 1. The highest BCUT2D eigenvalue weighted by molar-refractivity contribution is 7.89. The molecule has 3 rings (SSSR count). The molecule has 1 saturated heterocycles. The Kier molecular flexibility index (Phi) is 6.09. The monoisotopic (exact) mass is 426 g/mol. The van der Waals surface area contributed by atoms with Crippen LogP contribution in [-0.4, -0.2) is 54.7 Å². The maximum Gasteiger partial charge on any atom is 0.248 e. The molecule has 1 N–H and O–H groups in total. The van der Waals surface area contributed by atoms with E-state index in [-0.39, 0.29) is 10.8 Å². The lowest BCUT2D eigenvalue weighted by atomic mass is 10.2. The first-order valence-corrected chi connectivity index (χ1v) is 10.7. The van der Waals surface area contributed by atoms with Crippen molar-refractivity contribution < 1.29 is 17.9 Å². The third kappa shape index (κ3) is 4.07. The van der Waals surface area contributed by atoms with Crippen LogP contribution in [0.4, 0.5) is 5.69 Å². The molecule has 1 aliphatic heterocycles. The van der Waals surface area contributed by atoms with Crippen molar-refractivity contribution in [3.05, 3.63) is 40.7 Å². The first-order valence-electron chi connectivity index (χ1n) is 8.92. The normalized spacial score (nSPS) is 16.7. The van der Waals surface area contributed by atoms with E-state index in [4.69, 9.17) is 16.3 Å². The average molecular weight is 427 g/mol. The van der Waals surface area contributed by atoms with Gasteiger partial charge >= 0.3 is 0 Å². The van der Waals surface area contributed by atoms with E-state index in [1.807, 2.05) is 0 Å². The number of amides is 1. The molecule has 2 aromatic rings. The molecular weight excluding hydrogens is 404 g/mol. The minimum Gasteiger partial charge on any atom is -0.379 e. The number of rotatable bonds is 5. The van der Waals surface area contributed by atoms with E-state index in [9.17, 15) is 13.2 Å². The van der Waals surface area contributed by atoms with E-state index in [0.29, 0.717) is 48.4 Å². The second-order valence-corrected chi connectivity index (χ2v) is 8.95. The average Bonchev–Trinajstić information content (AvgIpc) is 2.95. The van der Waals surface area contributed by atoms with Crippen LogP contribution < -0.4 is 5.32 Å². The van der Waals surface area contributed by atoms with Gasteiger partial charge in [0.25, 0.3) is 0 Å². The summed E-state index contributed by atoms with van der Waals surface area (Å²) in [6, 6.07) is 5.57. The molecule has 0 saturated carbocycles. The third-order valence-corrected chi connectivity index (χ3v) is 7.17. The molecule has 2 heterocycles. The molecule has 1 fully saturated rings. The van der Waals surface area contributed by atoms with Crippen LogP contribution in [0.2, 0.25) is 5.02 Å². The molecule has 1 aliphatic rings. The van der Waals surface area contributed by atoms with Crippen LogP contribution in [0.3, 0.4) is 0 Å². The van der Waals surface area contributed by atoms with Gasteiger partial charge in [-0.3, -0.25) is 9.48 Å². The Morgan fingerprint density at radius 3 is 2.36 bits per heavy atom. The van der Waals surface area contributed by atoms with Gasteiger partial charge in [0, 0.05) is 18.8 Å². The molecular formula is C18H23ClN4O4S. The van der Waals surface area contributed by atoms with E-state index < -0.39 is 16.1 Å². The standard InChI is InChI=1S/C18H23ClN4O4S/c1-12-17(19)13(2)23(21-12)14(3)18(24)20-15-4-6-16(7-5-15)28(25,26)22-8-10-27-11-9-22/h4-7,14H,8-11H2,1-3H3,(H,20,24). The summed E-state index contributed by atoms with van der Waals surface area (Å²) in [5.74, 6) is -0.272. The number of nitrogens with one attached hydrogen (secondary N) is 1. The molecule has 1 amide bonds. The van der Waals surface area contributed by atoms with Crippen molar-refractivity contribution >= 4 is 33.2 Å². The highest BCUT2D eigenvalue weighted by Crippen LogP contribution is 2.24. The predicted octanol–water partition coefficient (Wildman–Crippen LogP) is 2.37. The van der Waals surface area contributed by atoms with Crippen LogP contribution in [-0.2, 0) is 19.6 Å². The van der Waals surface area contributed by atoms with E-state index in [1.165, 1.54) is 16.4 Å². The van der Waals surface area contributed by atoms with Gasteiger partial charge in [-0.05, 0) is 45.0 Å². The zero-order chi connectivity index (χ0) is 20.5. The second kappa shape index (κ2) is 8.20. The summed E-state index contributed by atoms with van der Waals surface area (Å²) in [6.07, 6.45) is 0. The van der Waals surface area contributed by atoms with Gasteiger partial charge in [-0.1, -0.05) is 11.6 Å². The van der Waals surface area contributed by atoms with Gasteiger partial charge in [-0.15, -0.1) is 0 Å². The fraction of sp³-hybridized carbons (Fsp3) is 0.444. The van der Waals surface area contributed by atoms with E-state index in [0.717, 1.165) is 0 Å². The van der Waals surface area contributed by atoms with Crippen LogP contribution in [0, 0.1) is 13.8 Å². The summed E-state index contributed by atoms with van der Waals surface area (Å²) in [5.41, 5.74) is 1.88. The highest BCUT2D eigenvalue weighted by Gasteiger charge is 2.26. The van der Waals surface area contributed by atoms with Crippen LogP contribution in [0.1, 0.15) is 24.4 Å². The molecule has 28 heavy (non-hydrogen) atoms. The molecule has 10 heteroatoms. The molecule has 1 aromatic heterocycles. The smallest absolute Gasteiger partial charge is 0.248 e. The summed E-state index contributed by atoms with van der Waals surface area (Å²) in [5, 5.41) is 7.62. The molecule has 0 bridgehead atoms. The minimum atomic E-state index is -3.56. The van der Waals surface area contributed by atoms with Gasteiger partial charge < -0.3 is 10.1 Å². The number of aromatic nitrogens is 2. The van der Waals surface area contributed by atoms with Crippen molar-refractivity contribution in [2.45, 2.75) is 31.7 Å². The van der Waals surface area contributed by atoms with Gasteiger partial charge in [-0.25, -0.2) is 8.42 Å². The SMILES string of the molecule is Cc1nn(C(C)C(=O)Nc2ccc(S(=O)(=O)N3CCOCC3)cc2)c(C)c1Cl. The van der Waals surface area contributed by atoms with Crippen molar-refractivity contribution in [3.8, 4) is 0 Å². The van der Waals surface area contributed by atoms with Gasteiger partial charge in [0.15, 0.2) is 0 Å². The van der Waals surface area contributed by atoms with Gasteiger partial charge in [0.05, 0.1) is 34.5 Å². The Balaban J connectivity index is 1.71. The number of ether oxygens (including phenoxy) is 1. The number of halogens is 1. The summed E-state index contributed by atoms with van der Waals surface area (Å²) in [7, 11) is -3.56. The number of hydrogen-bond donors (Lipinski definition) is 1. The van der Waals surface area contributed by atoms with Crippen LogP contribution in [0.15, 0.2) is 29.2 Å². The Bertz CT molecular complexity index is 966. The number of carbonyl (C=O) groups is 1. The van der Waals surface area contributed by atoms with Crippen molar-refractivity contribution in [3.63, 3.8) is 0 Å². The Morgan fingerprint density at radius 2 is 1.82 bits per heavy atom. The number of morpholine rings is 1. The summed E-state index contributed by atoms with van der Waals surface area (Å²) >= 11 is 6.15. The van der Waals surface area contributed by atoms with Gasteiger partial charge in [0.1, 0.15) is 6.04 Å². The van der Waals surface area contributed by atoms with Crippen molar-refractivity contribution in [1.82, 2.24) is 14.1 Å². The molecule has 1 unspecified atom stereocenters. The highest BCUT2D eigenvalue weighted by atomic mass is 35.5. The zero-order valence-electron chi connectivity index (χ0n) is 16.0. The van der Waals surface area contributed by atoms with Crippen LogP contribution in [0.5, 0.6) is 0 Å². The number of carbonyl (C=O) groups excluding carboxylic acids is 1. The molecule has 8 nitrogen and oxygen atoms in total. The number of nitrogens with zero attached hydrogens (tertiary/aromatic N) is 3. The van der Waals surface area contributed by atoms with E-state index in [1.54, 1.807) is 37.6 Å². The second-order valence-electron chi connectivity index (χ2n) is 6.64. The molecule has 1 atom stereocenters.